The number of ether oxygens (including phenoxy) is 2. The van der Waals surface area contributed by atoms with Crippen LogP contribution in [0.3, 0.4) is 0 Å². The number of aliphatic hydroxyl groups is 2. The Balaban J connectivity index is 1.74. The summed E-state index contributed by atoms with van der Waals surface area (Å²) in [5, 5.41) is 20.8. The minimum atomic E-state index is -0.531. The fourth-order valence-electron chi connectivity index (χ4n) is 6.48. The summed E-state index contributed by atoms with van der Waals surface area (Å²) in [5.74, 6) is 0.00242. The molecule has 1 aliphatic heterocycles. The second-order valence-electron chi connectivity index (χ2n) is 10.5. The van der Waals surface area contributed by atoms with Gasteiger partial charge in [0.1, 0.15) is 6.61 Å². The number of carbonyl (C=O) groups is 2. The molecule has 180 valence electrons. The van der Waals surface area contributed by atoms with E-state index in [1.54, 1.807) is 0 Å². The van der Waals surface area contributed by atoms with Crippen molar-refractivity contribution in [1.82, 2.24) is 0 Å². The van der Waals surface area contributed by atoms with Gasteiger partial charge in [0, 0.05) is 11.8 Å². The fraction of sp³-hybridized carbons (Fsp3) is 0.769. The maximum atomic E-state index is 12.4. The van der Waals surface area contributed by atoms with Gasteiger partial charge in [0.2, 0.25) is 0 Å². The minimum absolute atomic E-state index is 0.0218. The maximum Gasteiger partial charge on any atom is 0.338 e. The second-order valence-corrected chi connectivity index (χ2v) is 10.5. The summed E-state index contributed by atoms with van der Waals surface area (Å²) in [6.07, 6.45) is 7.09. The van der Waals surface area contributed by atoms with Crippen LogP contribution in [-0.4, -0.2) is 41.5 Å². The highest BCUT2D eigenvalue weighted by atomic mass is 16.6. The average Bonchev–Trinajstić information content (AvgIpc) is 3.10. The van der Waals surface area contributed by atoms with E-state index in [1.807, 2.05) is 6.92 Å². The molecular weight excluding hydrogens is 408 g/mol. The van der Waals surface area contributed by atoms with Crippen molar-refractivity contribution in [1.29, 1.82) is 0 Å². The van der Waals surface area contributed by atoms with Crippen LogP contribution >= 0.6 is 0 Å². The molecule has 5 atom stereocenters. The van der Waals surface area contributed by atoms with Crippen LogP contribution < -0.4 is 0 Å². The molecule has 0 amide bonds. The van der Waals surface area contributed by atoms with Crippen molar-refractivity contribution >= 4 is 11.9 Å². The van der Waals surface area contributed by atoms with Gasteiger partial charge < -0.3 is 19.7 Å². The Labute approximate surface area is 192 Å². The molecule has 6 heteroatoms. The molecule has 0 aromatic heterocycles. The zero-order valence-corrected chi connectivity index (χ0v) is 20.0. The van der Waals surface area contributed by atoms with Crippen LogP contribution in [-0.2, 0) is 19.1 Å². The number of rotatable bonds is 9. The number of aliphatic hydroxyl groups excluding tert-OH is 2. The summed E-state index contributed by atoms with van der Waals surface area (Å²) in [4.78, 5) is 24.5. The zero-order valence-electron chi connectivity index (χ0n) is 20.0. The monoisotopic (exact) mass is 448 g/mol. The summed E-state index contributed by atoms with van der Waals surface area (Å²) in [7, 11) is 0. The molecule has 2 aliphatic carbocycles. The number of hydrogen-bond donors (Lipinski definition) is 2. The van der Waals surface area contributed by atoms with Crippen LogP contribution in [0.4, 0.5) is 0 Å². The van der Waals surface area contributed by atoms with Gasteiger partial charge in [-0.25, -0.2) is 4.79 Å². The van der Waals surface area contributed by atoms with Gasteiger partial charge in [0.25, 0.3) is 0 Å². The van der Waals surface area contributed by atoms with Gasteiger partial charge in [-0.3, -0.25) is 4.79 Å². The molecular formula is C26H40O6. The number of hydrogen-bond acceptors (Lipinski definition) is 6. The molecule has 6 nitrogen and oxygen atoms in total. The van der Waals surface area contributed by atoms with Crippen LogP contribution in [0.2, 0.25) is 0 Å². The number of carbonyl (C=O) groups excluding carboxylic acids is 2. The predicted molar refractivity (Wildman–Crippen MR) is 121 cm³/mol. The Kier molecular flexibility index (Phi) is 7.87. The van der Waals surface area contributed by atoms with Gasteiger partial charge in [0.05, 0.1) is 18.3 Å². The Hall–Kier alpha value is -1.66. The smallest absolute Gasteiger partial charge is 0.338 e. The molecule has 1 heterocycles. The minimum Gasteiger partial charge on any atom is -0.454 e. The van der Waals surface area contributed by atoms with Gasteiger partial charge in [-0.1, -0.05) is 45.8 Å². The van der Waals surface area contributed by atoms with E-state index in [2.05, 4.69) is 20.4 Å². The molecule has 3 rings (SSSR count). The van der Waals surface area contributed by atoms with E-state index in [0.717, 1.165) is 38.5 Å². The number of fused-ring (bicyclic) bond motifs is 1. The van der Waals surface area contributed by atoms with Crippen LogP contribution in [0.25, 0.3) is 0 Å². The number of cyclic esters (lactones) is 1. The Bertz CT molecular complexity index is 770. The number of allylic oxidation sites excluding steroid dienone is 1. The SMILES string of the molecule is C=C1CC[C@@H]2[C@](C)(CO)[C@H](O)CC[C@@]2(C)[C@@H]1CCC1=C(OC(=O)CCCCC)COC1=O. The summed E-state index contributed by atoms with van der Waals surface area (Å²) < 4.78 is 10.7. The van der Waals surface area contributed by atoms with E-state index < -0.39 is 17.5 Å². The molecule has 3 aliphatic rings. The average molecular weight is 449 g/mol. The van der Waals surface area contributed by atoms with Gasteiger partial charge >= 0.3 is 11.9 Å². The van der Waals surface area contributed by atoms with Crippen molar-refractivity contribution in [3.8, 4) is 0 Å². The van der Waals surface area contributed by atoms with Gasteiger partial charge in [-0.15, -0.1) is 0 Å². The molecule has 2 fully saturated rings. The first-order valence-electron chi connectivity index (χ1n) is 12.2. The standard InChI is InChI=1S/C26H40O6/c1-5-6-7-8-23(29)32-20-15-31-24(30)18(20)10-11-19-17(2)9-12-21-25(19,3)14-13-22(28)26(21,4)16-27/h19,21-22,27-28H,2,5-16H2,1,3-4H3/t19-,21+,22-,25+,26+/m1/s1. The Morgan fingerprint density at radius 1 is 1.28 bits per heavy atom. The summed E-state index contributed by atoms with van der Waals surface area (Å²) in [6.45, 7) is 10.7. The molecule has 2 saturated carbocycles. The van der Waals surface area contributed by atoms with Crippen molar-refractivity contribution in [2.45, 2.75) is 91.1 Å². The molecule has 0 saturated heterocycles. The van der Waals surface area contributed by atoms with E-state index in [4.69, 9.17) is 9.47 Å². The van der Waals surface area contributed by atoms with Gasteiger partial charge in [0.15, 0.2) is 5.76 Å². The molecule has 0 radical (unpaired) electrons. The van der Waals surface area contributed by atoms with E-state index in [1.165, 1.54) is 5.57 Å². The third-order valence-electron chi connectivity index (χ3n) is 8.52. The van der Waals surface area contributed by atoms with Crippen LogP contribution in [0.1, 0.15) is 85.0 Å². The fourth-order valence-corrected chi connectivity index (χ4v) is 6.48. The second kappa shape index (κ2) is 10.1. The highest BCUT2D eigenvalue weighted by Crippen LogP contribution is 2.61. The lowest BCUT2D eigenvalue weighted by atomic mass is 9.46. The van der Waals surface area contributed by atoms with E-state index in [0.29, 0.717) is 37.0 Å². The van der Waals surface area contributed by atoms with Crippen LogP contribution in [0, 0.1) is 22.7 Å². The first kappa shape index (κ1) is 25.0. The summed E-state index contributed by atoms with van der Waals surface area (Å²) in [5.41, 5.74) is 1.00. The molecule has 0 spiro atoms. The van der Waals surface area contributed by atoms with Gasteiger partial charge in [-0.2, -0.15) is 0 Å². The first-order valence-corrected chi connectivity index (χ1v) is 12.2. The van der Waals surface area contributed by atoms with E-state index >= 15 is 0 Å². The predicted octanol–water partition coefficient (Wildman–Crippen LogP) is 4.44. The van der Waals surface area contributed by atoms with Crippen molar-refractivity contribution in [3.05, 3.63) is 23.5 Å². The van der Waals surface area contributed by atoms with Gasteiger partial charge in [-0.05, 0) is 62.2 Å². The largest absolute Gasteiger partial charge is 0.454 e. The lowest BCUT2D eigenvalue weighted by molar-refractivity contribution is -0.152. The molecule has 2 N–H and O–H groups in total. The highest BCUT2D eigenvalue weighted by molar-refractivity contribution is 5.91. The van der Waals surface area contributed by atoms with Crippen LogP contribution in [0.5, 0.6) is 0 Å². The lowest BCUT2D eigenvalue weighted by Crippen LogP contribution is -2.57. The summed E-state index contributed by atoms with van der Waals surface area (Å²) in [6, 6.07) is 0. The van der Waals surface area contributed by atoms with Crippen molar-refractivity contribution in [2.24, 2.45) is 22.7 Å². The normalized spacial score (nSPS) is 35.0. The molecule has 0 aromatic rings. The number of esters is 2. The third kappa shape index (κ3) is 4.67. The number of unbranched alkanes of at least 4 members (excludes halogenated alkanes) is 2. The van der Waals surface area contributed by atoms with E-state index in [9.17, 15) is 19.8 Å². The van der Waals surface area contributed by atoms with Crippen molar-refractivity contribution < 1.29 is 29.3 Å². The Morgan fingerprint density at radius 2 is 2.03 bits per heavy atom. The van der Waals surface area contributed by atoms with Crippen molar-refractivity contribution in [3.63, 3.8) is 0 Å². The first-order chi connectivity index (χ1) is 15.2. The van der Waals surface area contributed by atoms with Crippen molar-refractivity contribution in [2.75, 3.05) is 13.2 Å². The third-order valence-corrected chi connectivity index (χ3v) is 8.52. The lowest BCUT2D eigenvalue weighted by Gasteiger charge is -2.60. The molecule has 32 heavy (non-hydrogen) atoms. The molecule has 0 aromatic carbocycles. The molecule has 0 unspecified atom stereocenters. The summed E-state index contributed by atoms with van der Waals surface area (Å²) >= 11 is 0. The topological polar surface area (TPSA) is 93.1 Å². The maximum absolute atomic E-state index is 12.4. The highest BCUT2D eigenvalue weighted by Gasteiger charge is 2.57. The quantitative estimate of drug-likeness (QED) is 0.308. The molecule has 0 bridgehead atoms. The Morgan fingerprint density at radius 3 is 2.72 bits per heavy atom. The van der Waals surface area contributed by atoms with Crippen LogP contribution in [0.15, 0.2) is 23.5 Å². The zero-order chi connectivity index (χ0) is 23.5. The van der Waals surface area contributed by atoms with E-state index in [-0.39, 0.29) is 36.4 Å².